The average molecular weight is 463 g/mol. The largest absolute Gasteiger partial charge is 0.492 e. The Morgan fingerprint density at radius 1 is 1.15 bits per heavy atom. The summed E-state index contributed by atoms with van der Waals surface area (Å²) in [5.74, 6) is 0.859. The van der Waals surface area contributed by atoms with Gasteiger partial charge < -0.3 is 14.8 Å². The van der Waals surface area contributed by atoms with Crippen molar-refractivity contribution in [3.05, 3.63) is 78.1 Å². The van der Waals surface area contributed by atoms with Gasteiger partial charge in [0.15, 0.2) is 0 Å². The van der Waals surface area contributed by atoms with E-state index >= 15 is 0 Å². The van der Waals surface area contributed by atoms with Crippen LogP contribution in [-0.4, -0.2) is 60.0 Å². The summed E-state index contributed by atoms with van der Waals surface area (Å²) < 4.78 is 13.2. The Balaban J connectivity index is 1.17. The fourth-order valence-electron chi connectivity index (χ4n) is 4.12. The van der Waals surface area contributed by atoms with E-state index in [2.05, 4.69) is 22.4 Å². The van der Waals surface area contributed by atoms with E-state index in [0.717, 1.165) is 55.2 Å². The van der Waals surface area contributed by atoms with Crippen LogP contribution in [0.25, 0.3) is 5.69 Å². The summed E-state index contributed by atoms with van der Waals surface area (Å²) >= 11 is 0. The quantitative estimate of drug-likeness (QED) is 0.472. The molecule has 0 radical (unpaired) electrons. The maximum Gasteiger partial charge on any atom is 0.220 e. The summed E-state index contributed by atoms with van der Waals surface area (Å²) in [5, 5.41) is 7.40. The Bertz CT molecular complexity index is 1030. The van der Waals surface area contributed by atoms with Crippen molar-refractivity contribution < 1.29 is 14.3 Å². The molecule has 1 saturated heterocycles. The smallest absolute Gasteiger partial charge is 0.220 e. The van der Waals surface area contributed by atoms with Crippen molar-refractivity contribution in [3.63, 3.8) is 0 Å². The lowest BCUT2D eigenvalue weighted by molar-refractivity contribution is -0.121. The van der Waals surface area contributed by atoms with Gasteiger partial charge in [0.2, 0.25) is 5.91 Å². The summed E-state index contributed by atoms with van der Waals surface area (Å²) in [6.07, 6.45) is 7.04. The molecule has 0 bridgehead atoms. The van der Waals surface area contributed by atoms with Gasteiger partial charge in [0.1, 0.15) is 12.4 Å². The van der Waals surface area contributed by atoms with Crippen molar-refractivity contribution in [3.8, 4) is 11.4 Å². The van der Waals surface area contributed by atoms with E-state index in [1.54, 1.807) is 0 Å². The maximum atomic E-state index is 12.4. The van der Waals surface area contributed by atoms with E-state index < -0.39 is 0 Å². The first-order valence-electron chi connectivity index (χ1n) is 12.0. The van der Waals surface area contributed by atoms with Crippen LogP contribution in [0.15, 0.2) is 67.0 Å². The Morgan fingerprint density at radius 2 is 1.97 bits per heavy atom. The molecular formula is C27H34N4O3. The molecule has 2 aromatic carbocycles. The van der Waals surface area contributed by atoms with Gasteiger partial charge in [-0.3, -0.25) is 9.69 Å². The second-order valence-electron chi connectivity index (χ2n) is 8.73. The van der Waals surface area contributed by atoms with Crippen molar-refractivity contribution in [1.82, 2.24) is 20.0 Å². The topological polar surface area (TPSA) is 68.6 Å². The molecule has 1 N–H and O–H groups in total. The summed E-state index contributed by atoms with van der Waals surface area (Å²) in [7, 11) is 2.15. The van der Waals surface area contributed by atoms with Crippen LogP contribution >= 0.6 is 0 Å². The van der Waals surface area contributed by atoms with Crippen LogP contribution in [0.5, 0.6) is 5.75 Å². The van der Waals surface area contributed by atoms with E-state index in [4.69, 9.17) is 9.47 Å². The van der Waals surface area contributed by atoms with Gasteiger partial charge in [-0.25, -0.2) is 4.68 Å². The number of ether oxygens (including phenoxy) is 2. The zero-order valence-electron chi connectivity index (χ0n) is 19.9. The van der Waals surface area contributed by atoms with E-state index in [0.29, 0.717) is 32.0 Å². The predicted octanol–water partition coefficient (Wildman–Crippen LogP) is 3.61. The van der Waals surface area contributed by atoms with Crippen LogP contribution in [0, 0.1) is 0 Å². The number of rotatable bonds is 11. The first kappa shape index (κ1) is 24.0. The second kappa shape index (κ2) is 12.3. The number of hydrogen-bond donors (Lipinski definition) is 1. The standard InChI is InChI=1S/C27H34N4O3/c1-30(24-12-15-33-16-13-24)14-17-34-26-9-5-6-22(18-26)19-28-27(32)11-10-23-20-29-31(21-23)25-7-3-2-4-8-25/h2-9,18,20-21,24H,10-17,19H2,1H3,(H,28,32). The highest BCUT2D eigenvalue weighted by molar-refractivity contribution is 5.76. The first-order chi connectivity index (χ1) is 16.7. The molecule has 1 aromatic heterocycles. The van der Waals surface area contributed by atoms with Gasteiger partial charge >= 0.3 is 0 Å². The van der Waals surface area contributed by atoms with E-state index in [1.807, 2.05) is 71.7 Å². The second-order valence-corrected chi connectivity index (χ2v) is 8.73. The van der Waals surface area contributed by atoms with Crippen molar-refractivity contribution >= 4 is 5.91 Å². The van der Waals surface area contributed by atoms with Gasteiger partial charge in [0.25, 0.3) is 0 Å². The normalized spacial score (nSPS) is 14.3. The molecule has 34 heavy (non-hydrogen) atoms. The van der Waals surface area contributed by atoms with Crippen LogP contribution in [0.1, 0.15) is 30.4 Å². The average Bonchev–Trinajstić information content (AvgIpc) is 3.37. The molecular weight excluding hydrogens is 428 g/mol. The van der Waals surface area contributed by atoms with Crippen molar-refractivity contribution in [2.45, 2.75) is 38.3 Å². The minimum absolute atomic E-state index is 0.0249. The molecule has 0 aliphatic carbocycles. The predicted molar refractivity (Wildman–Crippen MR) is 132 cm³/mol. The number of carbonyl (C=O) groups is 1. The van der Waals surface area contributed by atoms with Crippen molar-refractivity contribution in [1.29, 1.82) is 0 Å². The van der Waals surface area contributed by atoms with Gasteiger partial charge in [0.05, 0.1) is 11.9 Å². The number of aryl methyl sites for hydroxylation is 1. The number of likely N-dealkylation sites (N-methyl/N-ethyl adjacent to an activating group) is 1. The number of amides is 1. The number of para-hydroxylation sites is 1. The molecule has 0 spiro atoms. The molecule has 0 atom stereocenters. The number of benzene rings is 2. The molecule has 7 heteroatoms. The monoisotopic (exact) mass is 462 g/mol. The lowest BCUT2D eigenvalue weighted by atomic mass is 10.1. The van der Waals surface area contributed by atoms with E-state index in [-0.39, 0.29) is 5.91 Å². The van der Waals surface area contributed by atoms with E-state index in [9.17, 15) is 4.79 Å². The Hall–Kier alpha value is -3.16. The van der Waals surface area contributed by atoms with Gasteiger partial charge in [-0.2, -0.15) is 5.10 Å². The summed E-state index contributed by atoms with van der Waals surface area (Å²) in [6.45, 7) is 3.70. The number of aromatic nitrogens is 2. The third-order valence-electron chi connectivity index (χ3n) is 6.21. The third-order valence-corrected chi connectivity index (χ3v) is 6.21. The molecule has 180 valence electrons. The van der Waals surface area contributed by atoms with Gasteiger partial charge in [-0.1, -0.05) is 30.3 Å². The Morgan fingerprint density at radius 3 is 2.79 bits per heavy atom. The lowest BCUT2D eigenvalue weighted by Gasteiger charge is -2.31. The fraction of sp³-hybridized carbons (Fsp3) is 0.407. The number of hydrogen-bond acceptors (Lipinski definition) is 5. The number of carbonyl (C=O) groups excluding carboxylic acids is 1. The third kappa shape index (κ3) is 7.17. The zero-order chi connectivity index (χ0) is 23.6. The molecule has 4 rings (SSSR count). The van der Waals surface area contributed by atoms with Crippen molar-refractivity contribution in [2.75, 3.05) is 33.4 Å². The minimum Gasteiger partial charge on any atom is -0.492 e. The maximum absolute atomic E-state index is 12.4. The molecule has 3 aromatic rings. The molecule has 0 unspecified atom stereocenters. The molecule has 2 heterocycles. The van der Waals surface area contributed by atoms with Crippen LogP contribution in [0.3, 0.4) is 0 Å². The lowest BCUT2D eigenvalue weighted by Crippen LogP contribution is -2.38. The molecule has 7 nitrogen and oxygen atoms in total. The van der Waals surface area contributed by atoms with Crippen LogP contribution < -0.4 is 10.1 Å². The van der Waals surface area contributed by atoms with Crippen molar-refractivity contribution in [2.24, 2.45) is 0 Å². The Labute approximate surface area is 201 Å². The molecule has 1 aliphatic heterocycles. The molecule has 1 amide bonds. The minimum atomic E-state index is 0.0249. The molecule has 1 fully saturated rings. The Kier molecular flexibility index (Phi) is 8.71. The van der Waals surface area contributed by atoms with Gasteiger partial charge in [0, 0.05) is 45.0 Å². The highest BCUT2D eigenvalue weighted by Crippen LogP contribution is 2.15. The highest BCUT2D eigenvalue weighted by atomic mass is 16.5. The number of nitrogens with zero attached hydrogens (tertiary/aromatic N) is 3. The molecule has 0 saturated carbocycles. The fourth-order valence-corrected chi connectivity index (χ4v) is 4.12. The number of nitrogens with one attached hydrogen (secondary N) is 1. The van der Waals surface area contributed by atoms with Crippen LogP contribution in [-0.2, 0) is 22.5 Å². The summed E-state index contributed by atoms with van der Waals surface area (Å²) in [5.41, 5.74) is 3.08. The SMILES string of the molecule is CN(CCOc1cccc(CNC(=O)CCc2cnn(-c3ccccc3)c2)c1)C1CCOCC1. The first-order valence-corrected chi connectivity index (χ1v) is 12.0. The van der Waals surface area contributed by atoms with Gasteiger partial charge in [-0.05, 0) is 61.7 Å². The van der Waals surface area contributed by atoms with Crippen LogP contribution in [0.4, 0.5) is 0 Å². The van der Waals surface area contributed by atoms with E-state index in [1.165, 1.54) is 0 Å². The van der Waals surface area contributed by atoms with Gasteiger partial charge in [-0.15, -0.1) is 0 Å². The summed E-state index contributed by atoms with van der Waals surface area (Å²) in [6, 6.07) is 18.5. The highest BCUT2D eigenvalue weighted by Gasteiger charge is 2.18. The molecule has 1 aliphatic rings. The summed E-state index contributed by atoms with van der Waals surface area (Å²) in [4.78, 5) is 14.7. The van der Waals surface area contributed by atoms with Crippen LogP contribution in [0.2, 0.25) is 0 Å². The zero-order valence-corrected chi connectivity index (χ0v) is 19.9.